The van der Waals surface area contributed by atoms with Crippen LogP contribution in [0, 0.1) is 18.3 Å². The van der Waals surface area contributed by atoms with Gasteiger partial charge in [-0.3, -0.25) is 4.79 Å². The van der Waals surface area contributed by atoms with Gasteiger partial charge in [0.05, 0.1) is 13.1 Å². The molecule has 122 valence electrons. The fourth-order valence-electron chi connectivity index (χ4n) is 2.40. The first-order valence-electron chi connectivity index (χ1n) is 7.64. The minimum Gasteiger partial charge on any atom is -0.487 e. The molecule has 0 radical (unpaired) electrons. The van der Waals surface area contributed by atoms with Crippen molar-refractivity contribution in [3.05, 3.63) is 53.9 Å². The number of carbonyl (C=O) groups excluding carboxylic acids is 1. The molecule has 0 aliphatic carbocycles. The molecule has 3 rings (SSSR count). The summed E-state index contributed by atoms with van der Waals surface area (Å²) in [4.78, 5) is 17.7. The van der Waals surface area contributed by atoms with Crippen molar-refractivity contribution in [2.45, 2.75) is 13.0 Å². The van der Waals surface area contributed by atoms with E-state index >= 15 is 0 Å². The lowest BCUT2D eigenvalue weighted by Gasteiger charge is -2.38. The first-order chi connectivity index (χ1) is 11.7. The van der Waals surface area contributed by atoms with Crippen LogP contribution in [0.5, 0.6) is 11.5 Å². The fraction of sp³-hybridized carbons (Fsp3) is 0.278. The molecule has 1 aliphatic heterocycles. The third kappa shape index (κ3) is 3.63. The molecule has 2 aromatic rings. The summed E-state index contributed by atoms with van der Waals surface area (Å²) < 4.78 is 11.3. The number of pyridine rings is 1. The van der Waals surface area contributed by atoms with Gasteiger partial charge in [-0.1, -0.05) is 18.2 Å². The standard InChI is InChI=1S/C18H17N3O3/c1-13-4-2-3-5-17(13)23-12-18(22)21-10-16(11-21)24-15-6-7-20-14(8-15)9-19/h2-8,16H,10-12H2,1H3. The highest BCUT2D eigenvalue weighted by Gasteiger charge is 2.32. The van der Waals surface area contributed by atoms with Gasteiger partial charge in [0, 0.05) is 12.3 Å². The first kappa shape index (κ1) is 15.8. The molecule has 1 aromatic carbocycles. The Bertz CT molecular complexity index is 779. The number of nitriles is 1. The Morgan fingerprint density at radius 3 is 2.92 bits per heavy atom. The molecule has 0 bridgehead atoms. The normalized spacial score (nSPS) is 13.8. The maximum atomic E-state index is 12.1. The predicted octanol–water partition coefficient (Wildman–Crippen LogP) is 1.93. The molecule has 1 saturated heterocycles. The van der Waals surface area contributed by atoms with Gasteiger partial charge in [0.15, 0.2) is 6.61 Å². The van der Waals surface area contributed by atoms with Crippen molar-refractivity contribution in [3.8, 4) is 17.6 Å². The molecule has 1 fully saturated rings. The molecule has 6 nitrogen and oxygen atoms in total. The van der Waals surface area contributed by atoms with Gasteiger partial charge < -0.3 is 14.4 Å². The lowest BCUT2D eigenvalue weighted by molar-refractivity contribution is -0.142. The number of aryl methyl sites for hydroxylation is 1. The number of ether oxygens (including phenoxy) is 2. The Morgan fingerprint density at radius 1 is 1.38 bits per heavy atom. The minimum atomic E-state index is -0.0682. The smallest absolute Gasteiger partial charge is 0.260 e. The topological polar surface area (TPSA) is 75.4 Å². The van der Waals surface area contributed by atoms with E-state index in [1.165, 1.54) is 6.20 Å². The molecule has 0 atom stereocenters. The second kappa shape index (κ2) is 7.01. The van der Waals surface area contributed by atoms with Crippen molar-refractivity contribution in [1.82, 2.24) is 9.88 Å². The highest BCUT2D eigenvalue weighted by atomic mass is 16.5. The van der Waals surface area contributed by atoms with Crippen molar-refractivity contribution in [1.29, 1.82) is 5.26 Å². The number of hydrogen-bond donors (Lipinski definition) is 0. The Kier molecular flexibility index (Phi) is 4.62. The number of para-hydroxylation sites is 1. The quantitative estimate of drug-likeness (QED) is 0.840. The van der Waals surface area contributed by atoms with Crippen LogP contribution in [0.1, 0.15) is 11.3 Å². The van der Waals surface area contributed by atoms with E-state index in [0.717, 1.165) is 11.3 Å². The summed E-state index contributed by atoms with van der Waals surface area (Å²) in [7, 11) is 0. The third-order valence-corrected chi connectivity index (χ3v) is 3.79. The lowest BCUT2D eigenvalue weighted by Crippen LogP contribution is -2.57. The Balaban J connectivity index is 1.45. The van der Waals surface area contributed by atoms with E-state index in [2.05, 4.69) is 4.98 Å². The van der Waals surface area contributed by atoms with Crippen LogP contribution >= 0.6 is 0 Å². The third-order valence-electron chi connectivity index (χ3n) is 3.79. The van der Waals surface area contributed by atoms with Gasteiger partial charge in [-0.15, -0.1) is 0 Å². The van der Waals surface area contributed by atoms with Crippen molar-refractivity contribution < 1.29 is 14.3 Å². The van der Waals surface area contributed by atoms with Gasteiger partial charge >= 0.3 is 0 Å². The minimum absolute atomic E-state index is 0.0193. The Hall–Kier alpha value is -3.07. The maximum absolute atomic E-state index is 12.1. The molecule has 1 amide bonds. The van der Waals surface area contributed by atoms with Crippen molar-refractivity contribution in [2.75, 3.05) is 19.7 Å². The second-order valence-electron chi connectivity index (χ2n) is 5.58. The SMILES string of the molecule is Cc1ccccc1OCC(=O)N1CC(Oc2ccnc(C#N)c2)C1. The van der Waals surface area contributed by atoms with Crippen LogP contribution in [0.25, 0.3) is 0 Å². The molecule has 2 heterocycles. The summed E-state index contributed by atoms with van der Waals surface area (Å²) in [5, 5.41) is 8.82. The largest absolute Gasteiger partial charge is 0.487 e. The number of likely N-dealkylation sites (tertiary alicyclic amines) is 1. The average molecular weight is 323 g/mol. The molecule has 0 N–H and O–H groups in total. The van der Waals surface area contributed by atoms with Gasteiger partial charge in [0.1, 0.15) is 29.4 Å². The number of carbonyl (C=O) groups is 1. The van der Waals surface area contributed by atoms with E-state index in [1.54, 1.807) is 17.0 Å². The van der Waals surface area contributed by atoms with Crippen LogP contribution < -0.4 is 9.47 Å². The Morgan fingerprint density at radius 2 is 2.17 bits per heavy atom. The van der Waals surface area contributed by atoms with Gasteiger partial charge in [-0.05, 0) is 24.6 Å². The molecular weight excluding hydrogens is 306 g/mol. The lowest BCUT2D eigenvalue weighted by atomic mass is 10.1. The van der Waals surface area contributed by atoms with Crippen LogP contribution in [0.3, 0.4) is 0 Å². The number of benzene rings is 1. The van der Waals surface area contributed by atoms with Gasteiger partial charge in [-0.2, -0.15) is 5.26 Å². The average Bonchev–Trinajstić information content (AvgIpc) is 2.57. The summed E-state index contributed by atoms with van der Waals surface area (Å²) in [6, 6.07) is 12.9. The molecule has 1 aliphatic rings. The van der Waals surface area contributed by atoms with E-state index in [1.807, 2.05) is 37.3 Å². The molecule has 24 heavy (non-hydrogen) atoms. The first-order valence-corrected chi connectivity index (χ1v) is 7.64. The zero-order chi connectivity index (χ0) is 16.9. The monoisotopic (exact) mass is 323 g/mol. The van der Waals surface area contributed by atoms with E-state index in [4.69, 9.17) is 14.7 Å². The van der Waals surface area contributed by atoms with E-state index in [9.17, 15) is 4.79 Å². The van der Waals surface area contributed by atoms with E-state index in [-0.39, 0.29) is 18.6 Å². The summed E-state index contributed by atoms with van der Waals surface area (Å²) in [5.74, 6) is 1.25. The highest BCUT2D eigenvalue weighted by Crippen LogP contribution is 2.20. The van der Waals surface area contributed by atoms with Gasteiger partial charge in [0.25, 0.3) is 5.91 Å². The van der Waals surface area contributed by atoms with Crippen LogP contribution in [-0.2, 0) is 4.79 Å². The molecule has 0 spiro atoms. The molecule has 0 unspecified atom stereocenters. The molecule has 1 aromatic heterocycles. The summed E-state index contributed by atoms with van der Waals surface area (Å²) in [6.07, 6.45) is 1.47. The number of rotatable bonds is 5. The maximum Gasteiger partial charge on any atom is 0.260 e. The second-order valence-corrected chi connectivity index (χ2v) is 5.58. The van der Waals surface area contributed by atoms with Crippen LogP contribution in [0.15, 0.2) is 42.6 Å². The van der Waals surface area contributed by atoms with Crippen LogP contribution in [0.2, 0.25) is 0 Å². The van der Waals surface area contributed by atoms with E-state index in [0.29, 0.717) is 24.5 Å². The predicted molar refractivity (Wildman–Crippen MR) is 86.6 cm³/mol. The van der Waals surface area contributed by atoms with Crippen LogP contribution in [-0.4, -0.2) is 41.6 Å². The molecule has 0 saturated carbocycles. The summed E-state index contributed by atoms with van der Waals surface area (Å²) in [6.45, 7) is 2.99. The highest BCUT2D eigenvalue weighted by molar-refractivity contribution is 5.78. The van der Waals surface area contributed by atoms with E-state index < -0.39 is 0 Å². The zero-order valence-corrected chi connectivity index (χ0v) is 13.3. The van der Waals surface area contributed by atoms with Crippen molar-refractivity contribution >= 4 is 5.91 Å². The summed E-state index contributed by atoms with van der Waals surface area (Å²) in [5.41, 5.74) is 1.31. The fourth-order valence-corrected chi connectivity index (χ4v) is 2.40. The van der Waals surface area contributed by atoms with Crippen molar-refractivity contribution in [2.24, 2.45) is 0 Å². The van der Waals surface area contributed by atoms with Gasteiger partial charge in [0.2, 0.25) is 0 Å². The van der Waals surface area contributed by atoms with Crippen LogP contribution in [0.4, 0.5) is 0 Å². The zero-order valence-electron chi connectivity index (χ0n) is 13.3. The molecular formula is C18H17N3O3. The van der Waals surface area contributed by atoms with Crippen molar-refractivity contribution in [3.63, 3.8) is 0 Å². The number of hydrogen-bond acceptors (Lipinski definition) is 5. The number of amides is 1. The number of aromatic nitrogens is 1. The Labute approximate surface area is 140 Å². The van der Waals surface area contributed by atoms with Gasteiger partial charge in [-0.25, -0.2) is 4.98 Å². The number of nitrogens with zero attached hydrogens (tertiary/aromatic N) is 3. The molecule has 6 heteroatoms. The summed E-state index contributed by atoms with van der Waals surface area (Å²) >= 11 is 0.